The van der Waals surface area contributed by atoms with Crippen molar-refractivity contribution in [1.29, 1.82) is 0 Å². The zero-order valence-electron chi connectivity index (χ0n) is 7.98. The molecular formula is C11H9ClN2O. The van der Waals surface area contributed by atoms with E-state index in [2.05, 4.69) is 4.98 Å². The van der Waals surface area contributed by atoms with Crippen LogP contribution in [0.4, 0.5) is 0 Å². The maximum Gasteiger partial charge on any atom is 0.262 e. The van der Waals surface area contributed by atoms with Gasteiger partial charge in [0.05, 0.1) is 10.9 Å². The van der Waals surface area contributed by atoms with E-state index in [1.54, 1.807) is 16.7 Å². The van der Waals surface area contributed by atoms with Gasteiger partial charge < -0.3 is 0 Å². The zero-order valence-corrected chi connectivity index (χ0v) is 8.74. The molecule has 0 N–H and O–H groups in total. The fraction of sp³-hybridized carbons (Fsp3) is 0.273. The Morgan fingerprint density at radius 1 is 1.33 bits per heavy atom. The van der Waals surface area contributed by atoms with E-state index in [1.165, 1.54) is 0 Å². The first-order valence-corrected chi connectivity index (χ1v) is 5.32. The summed E-state index contributed by atoms with van der Waals surface area (Å²) in [5, 5.41) is 0.954. The fourth-order valence-electron chi connectivity index (χ4n) is 1.77. The van der Waals surface area contributed by atoms with Gasteiger partial charge in [0.25, 0.3) is 5.56 Å². The van der Waals surface area contributed by atoms with Crippen molar-refractivity contribution < 1.29 is 0 Å². The molecule has 4 heteroatoms. The predicted molar refractivity (Wildman–Crippen MR) is 59.3 cm³/mol. The molecule has 3 rings (SSSR count). The van der Waals surface area contributed by atoms with Crippen molar-refractivity contribution in [2.45, 2.75) is 18.9 Å². The van der Waals surface area contributed by atoms with E-state index in [-0.39, 0.29) is 11.6 Å². The Bertz CT molecular complexity index is 587. The van der Waals surface area contributed by atoms with Crippen LogP contribution in [0.15, 0.2) is 29.1 Å². The van der Waals surface area contributed by atoms with E-state index in [9.17, 15) is 4.79 Å². The molecule has 3 nitrogen and oxygen atoms in total. The van der Waals surface area contributed by atoms with E-state index in [0.717, 1.165) is 12.8 Å². The summed E-state index contributed by atoms with van der Waals surface area (Å²) in [5.41, 5.74) is 0.650. The molecule has 1 aromatic carbocycles. The highest BCUT2D eigenvalue weighted by Gasteiger charge is 2.27. The maximum atomic E-state index is 12.1. The van der Waals surface area contributed by atoms with Crippen LogP contribution in [-0.4, -0.2) is 9.55 Å². The normalized spacial score (nSPS) is 15.8. The molecule has 0 atom stereocenters. The van der Waals surface area contributed by atoms with Crippen molar-refractivity contribution in [3.8, 4) is 0 Å². The van der Waals surface area contributed by atoms with Crippen LogP contribution in [0, 0.1) is 0 Å². The lowest BCUT2D eigenvalue weighted by molar-refractivity contribution is 0.699. The van der Waals surface area contributed by atoms with Gasteiger partial charge in [-0.3, -0.25) is 9.36 Å². The summed E-state index contributed by atoms with van der Waals surface area (Å²) < 4.78 is 1.60. The summed E-state index contributed by atoms with van der Waals surface area (Å²) in [6.45, 7) is 0. The summed E-state index contributed by atoms with van der Waals surface area (Å²) in [4.78, 5) is 16.3. The van der Waals surface area contributed by atoms with Crippen molar-refractivity contribution in [1.82, 2.24) is 9.55 Å². The Kier molecular flexibility index (Phi) is 1.83. The maximum absolute atomic E-state index is 12.1. The Morgan fingerprint density at radius 3 is 2.80 bits per heavy atom. The van der Waals surface area contributed by atoms with E-state index in [4.69, 9.17) is 11.6 Å². The topological polar surface area (TPSA) is 34.9 Å². The van der Waals surface area contributed by atoms with Gasteiger partial charge in [0.15, 0.2) is 0 Å². The first-order chi connectivity index (χ1) is 7.27. The molecule has 1 aliphatic carbocycles. The van der Waals surface area contributed by atoms with Crippen molar-refractivity contribution in [2.75, 3.05) is 0 Å². The van der Waals surface area contributed by atoms with E-state index >= 15 is 0 Å². The van der Waals surface area contributed by atoms with Crippen molar-refractivity contribution >= 4 is 22.5 Å². The Labute approximate surface area is 91.3 Å². The van der Waals surface area contributed by atoms with Crippen LogP contribution in [0.3, 0.4) is 0 Å². The van der Waals surface area contributed by atoms with Crippen LogP contribution in [0.25, 0.3) is 10.9 Å². The molecule has 1 saturated carbocycles. The molecule has 1 heterocycles. The Hall–Kier alpha value is -1.35. The van der Waals surface area contributed by atoms with Crippen LogP contribution in [0.2, 0.25) is 5.28 Å². The van der Waals surface area contributed by atoms with Crippen LogP contribution in [-0.2, 0) is 0 Å². The second-order valence-corrected chi connectivity index (χ2v) is 4.14. The highest BCUT2D eigenvalue weighted by Crippen LogP contribution is 2.35. The zero-order chi connectivity index (χ0) is 10.4. The highest BCUT2D eigenvalue weighted by atomic mass is 35.5. The first-order valence-electron chi connectivity index (χ1n) is 4.94. The first kappa shape index (κ1) is 8.92. The lowest BCUT2D eigenvalue weighted by atomic mass is 10.2. The summed E-state index contributed by atoms with van der Waals surface area (Å²) in [6, 6.07) is 7.56. The van der Waals surface area contributed by atoms with E-state index in [1.807, 2.05) is 12.1 Å². The molecule has 2 aromatic rings. The minimum absolute atomic E-state index is 0.0203. The Balaban J connectivity index is 2.41. The van der Waals surface area contributed by atoms with Gasteiger partial charge in [-0.15, -0.1) is 0 Å². The fourth-order valence-corrected chi connectivity index (χ4v) is 2.07. The summed E-state index contributed by atoms with van der Waals surface area (Å²) >= 11 is 6.00. The molecule has 15 heavy (non-hydrogen) atoms. The number of rotatable bonds is 1. The third kappa shape index (κ3) is 1.35. The number of fused-ring (bicyclic) bond motifs is 1. The summed E-state index contributed by atoms with van der Waals surface area (Å²) in [6.07, 6.45) is 2.05. The standard InChI is InChI=1S/C11H9ClN2O/c12-11-13-9-4-2-1-3-8(9)10(15)14(11)7-5-6-7/h1-4,7H,5-6H2. The monoisotopic (exact) mass is 220 g/mol. The van der Waals surface area contributed by atoms with Gasteiger partial charge in [-0.2, -0.15) is 0 Å². The summed E-state index contributed by atoms with van der Waals surface area (Å²) in [5.74, 6) is 0. The number of benzene rings is 1. The number of para-hydroxylation sites is 1. The molecule has 76 valence electrons. The summed E-state index contributed by atoms with van der Waals surface area (Å²) in [7, 11) is 0. The number of hydrogen-bond donors (Lipinski definition) is 0. The number of aromatic nitrogens is 2. The van der Waals surface area contributed by atoms with Crippen molar-refractivity contribution in [3.63, 3.8) is 0 Å². The lowest BCUT2D eigenvalue weighted by Gasteiger charge is -2.06. The molecule has 0 bridgehead atoms. The van der Waals surface area contributed by atoms with Crippen molar-refractivity contribution in [3.05, 3.63) is 39.9 Å². The van der Waals surface area contributed by atoms with Gasteiger partial charge in [-0.1, -0.05) is 12.1 Å². The Morgan fingerprint density at radius 2 is 2.07 bits per heavy atom. The van der Waals surface area contributed by atoms with Crippen LogP contribution in [0.5, 0.6) is 0 Å². The predicted octanol–water partition coefficient (Wildman–Crippen LogP) is 2.38. The minimum Gasteiger partial charge on any atom is -0.280 e. The molecular weight excluding hydrogens is 212 g/mol. The van der Waals surface area contributed by atoms with Gasteiger partial charge in [-0.05, 0) is 36.6 Å². The largest absolute Gasteiger partial charge is 0.280 e. The molecule has 0 unspecified atom stereocenters. The quantitative estimate of drug-likeness (QED) is 0.692. The second kappa shape index (κ2) is 3.07. The van der Waals surface area contributed by atoms with Gasteiger partial charge >= 0.3 is 0 Å². The van der Waals surface area contributed by atoms with Crippen LogP contribution < -0.4 is 5.56 Å². The van der Waals surface area contributed by atoms with Crippen LogP contribution >= 0.6 is 11.6 Å². The lowest BCUT2D eigenvalue weighted by Crippen LogP contribution is -2.21. The van der Waals surface area contributed by atoms with Gasteiger partial charge in [-0.25, -0.2) is 4.98 Å². The molecule has 0 spiro atoms. The number of hydrogen-bond acceptors (Lipinski definition) is 2. The third-order valence-corrected chi connectivity index (χ3v) is 2.94. The molecule has 1 aromatic heterocycles. The molecule has 0 aliphatic heterocycles. The molecule has 1 fully saturated rings. The van der Waals surface area contributed by atoms with Gasteiger partial charge in [0.2, 0.25) is 5.28 Å². The molecule has 0 saturated heterocycles. The second-order valence-electron chi connectivity index (χ2n) is 3.80. The van der Waals surface area contributed by atoms with Crippen molar-refractivity contribution in [2.24, 2.45) is 0 Å². The van der Waals surface area contributed by atoms with Crippen LogP contribution in [0.1, 0.15) is 18.9 Å². The highest BCUT2D eigenvalue weighted by molar-refractivity contribution is 6.28. The average Bonchev–Trinajstić information content (AvgIpc) is 3.02. The minimum atomic E-state index is -0.0203. The average molecular weight is 221 g/mol. The SMILES string of the molecule is O=c1c2ccccc2nc(Cl)n1C1CC1. The van der Waals surface area contributed by atoms with Gasteiger partial charge in [0.1, 0.15) is 0 Å². The molecule has 0 amide bonds. The van der Waals surface area contributed by atoms with Gasteiger partial charge in [0, 0.05) is 6.04 Å². The van der Waals surface area contributed by atoms with E-state index in [0.29, 0.717) is 16.2 Å². The number of nitrogens with zero attached hydrogens (tertiary/aromatic N) is 2. The number of halogens is 1. The smallest absolute Gasteiger partial charge is 0.262 e. The molecule has 0 radical (unpaired) electrons. The third-order valence-electron chi connectivity index (χ3n) is 2.68. The van der Waals surface area contributed by atoms with E-state index < -0.39 is 0 Å². The molecule has 1 aliphatic rings.